The van der Waals surface area contributed by atoms with E-state index in [1.807, 2.05) is 27.7 Å². The zero-order valence-electron chi connectivity index (χ0n) is 18.5. The van der Waals surface area contributed by atoms with Gasteiger partial charge in [0.15, 0.2) is 5.78 Å². The Morgan fingerprint density at radius 3 is 2.28 bits per heavy atom. The molecule has 4 aliphatic carbocycles. The first-order valence-electron chi connectivity index (χ1n) is 10.9. The van der Waals surface area contributed by atoms with Gasteiger partial charge in [-0.1, -0.05) is 27.7 Å². The number of fused-ring (bicyclic) bond motifs is 4. The third-order valence-electron chi connectivity index (χ3n) is 9.79. The SMILES string of the molecule is CC(=O)[C@H]1CC(=O)[C@@]2(C)C3=C(C(=O)C[C@]12C)[C@@]1(C)CC[C@H](O)C(C)(C)[C@@H]1C[C@H]3O. The lowest BCUT2D eigenvalue weighted by Gasteiger charge is -2.61. The standard InChI is InChI=1S/C24H34O5/c1-12(25)13-9-18(29)24(6)20-14(26)10-16-21(2,3)17(28)7-8-22(16,4)19(20)15(27)11-23(13,24)5/h13-14,16-17,26,28H,7-11H2,1-6H3/t13-,14-,16+,17+,22+,23-,24+/m1/s1. The molecule has 0 aromatic rings. The van der Waals surface area contributed by atoms with E-state index in [1.54, 1.807) is 0 Å². The normalized spacial score (nSPS) is 48.8. The zero-order chi connectivity index (χ0) is 21.7. The second kappa shape index (κ2) is 5.88. The topological polar surface area (TPSA) is 91.7 Å². The molecule has 29 heavy (non-hydrogen) atoms. The van der Waals surface area contributed by atoms with Gasteiger partial charge < -0.3 is 10.2 Å². The van der Waals surface area contributed by atoms with Crippen LogP contribution in [0.2, 0.25) is 0 Å². The molecule has 0 heterocycles. The molecule has 7 atom stereocenters. The number of carbonyl (C=O) groups excluding carboxylic acids is 3. The van der Waals surface area contributed by atoms with Gasteiger partial charge in [0.05, 0.1) is 17.6 Å². The van der Waals surface area contributed by atoms with Crippen LogP contribution < -0.4 is 0 Å². The average Bonchev–Trinajstić information content (AvgIpc) is 2.81. The minimum atomic E-state index is -1.000. The minimum absolute atomic E-state index is 0.0284. The van der Waals surface area contributed by atoms with Gasteiger partial charge in [0, 0.05) is 29.7 Å². The number of aliphatic hydroxyl groups excluding tert-OH is 2. The fraction of sp³-hybridized carbons (Fsp3) is 0.792. The maximum absolute atomic E-state index is 13.6. The molecule has 5 nitrogen and oxygen atoms in total. The molecule has 0 amide bonds. The average molecular weight is 403 g/mol. The molecule has 4 aliphatic rings. The van der Waals surface area contributed by atoms with Crippen molar-refractivity contribution in [3.63, 3.8) is 0 Å². The summed E-state index contributed by atoms with van der Waals surface area (Å²) in [5.41, 5.74) is -1.50. The highest BCUT2D eigenvalue weighted by Gasteiger charge is 2.70. The number of Topliss-reactive ketones (excluding diaryl/α,β-unsaturated/α-hetero) is 3. The van der Waals surface area contributed by atoms with Gasteiger partial charge in [0.1, 0.15) is 11.6 Å². The first kappa shape index (κ1) is 20.9. The van der Waals surface area contributed by atoms with Gasteiger partial charge in [0.2, 0.25) is 0 Å². The molecular formula is C24H34O5. The monoisotopic (exact) mass is 402 g/mol. The summed E-state index contributed by atoms with van der Waals surface area (Å²) >= 11 is 0. The Hall–Kier alpha value is -1.33. The van der Waals surface area contributed by atoms with Crippen molar-refractivity contribution in [3.8, 4) is 0 Å². The first-order chi connectivity index (χ1) is 13.2. The van der Waals surface area contributed by atoms with Gasteiger partial charge in [-0.15, -0.1) is 0 Å². The molecule has 0 bridgehead atoms. The largest absolute Gasteiger partial charge is 0.393 e. The van der Waals surface area contributed by atoms with E-state index in [2.05, 4.69) is 6.92 Å². The molecule has 4 rings (SSSR count). The van der Waals surface area contributed by atoms with E-state index in [-0.39, 0.29) is 36.1 Å². The summed E-state index contributed by atoms with van der Waals surface area (Å²) < 4.78 is 0. The van der Waals surface area contributed by atoms with E-state index in [4.69, 9.17) is 0 Å². The van der Waals surface area contributed by atoms with Crippen LogP contribution in [0.1, 0.15) is 73.6 Å². The summed E-state index contributed by atoms with van der Waals surface area (Å²) in [6.45, 7) is 11.4. The highest BCUT2D eigenvalue weighted by molar-refractivity contribution is 6.07. The van der Waals surface area contributed by atoms with Crippen LogP contribution in [-0.2, 0) is 14.4 Å². The summed E-state index contributed by atoms with van der Waals surface area (Å²) in [6.07, 6.45) is 0.603. The van der Waals surface area contributed by atoms with Crippen molar-refractivity contribution < 1.29 is 24.6 Å². The van der Waals surface area contributed by atoms with Crippen LogP contribution in [0, 0.1) is 33.5 Å². The van der Waals surface area contributed by atoms with Gasteiger partial charge in [-0.25, -0.2) is 0 Å². The second-order valence-corrected chi connectivity index (χ2v) is 11.3. The van der Waals surface area contributed by atoms with Gasteiger partial charge in [0.25, 0.3) is 0 Å². The smallest absolute Gasteiger partial charge is 0.160 e. The number of ketones is 3. The molecule has 0 saturated heterocycles. The van der Waals surface area contributed by atoms with E-state index in [1.165, 1.54) is 6.92 Å². The van der Waals surface area contributed by atoms with E-state index >= 15 is 0 Å². The van der Waals surface area contributed by atoms with Crippen LogP contribution in [0.3, 0.4) is 0 Å². The molecule has 160 valence electrons. The van der Waals surface area contributed by atoms with Gasteiger partial charge in [-0.2, -0.15) is 0 Å². The number of rotatable bonds is 1. The fourth-order valence-electron chi connectivity index (χ4n) is 7.82. The van der Waals surface area contributed by atoms with Gasteiger partial charge in [-0.3, -0.25) is 14.4 Å². The molecule has 5 heteroatoms. The van der Waals surface area contributed by atoms with Crippen LogP contribution in [0.25, 0.3) is 0 Å². The summed E-state index contributed by atoms with van der Waals surface area (Å²) in [5, 5.41) is 22.0. The number of carbonyl (C=O) groups is 3. The van der Waals surface area contributed by atoms with Crippen molar-refractivity contribution in [3.05, 3.63) is 11.1 Å². The zero-order valence-corrected chi connectivity index (χ0v) is 18.5. The molecule has 0 aliphatic heterocycles. The lowest BCUT2D eigenvalue weighted by molar-refractivity contribution is -0.142. The lowest BCUT2D eigenvalue weighted by atomic mass is 9.42. The van der Waals surface area contributed by atoms with Crippen molar-refractivity contribution >= 4 is 17.3 Å². The Kier molecular flexibility index (Phi) is 4.24. The summed E-state index contributed by atoms with van der Waals surface area (Å²) in [6, 6.07) is 0. The van der Waals surface area contributed by atoms with E-state index in [9.17, 15) is 24.6 Å². The molecule has 0 radical (unpaired) electrons. The molecule has 0 unspecified atom stereocenters. The lowest BCUT2D eigenvalue weighted by Crippen LogP contribution is -2.60. The Morgan fingerprint density at radius 2 is 1.69 bits per heavy atom. The molecule has 2 fully saturated rings. The summed E-state index contributed by atoms with van der Waals surface area (Å²) in [4.78, 5) is 39.4. The van der Waals surface area contributed by atoms with Crippen molar-refractivity contribution in [2.75, 3.05) is 0 Å². The molecule has 0 spiro atoms. The number of hydrogen-bond donors (Lipinski definition) is 2. The maximum Gasteiger partial charge on any atom is 0.160 e. The predicted molar refractivity (Wildman–Crippen MR) is 108 cm³/mol. The first-order valence-corrected chi connectivity index (χ1v) is 10.9. The maximum atomic E-state index is 13.6. The molecule has 2 saturated carbocycles. The van der Waals surface area contributed by atoms with Crippen molar-refractivity contribution in [1.82, 2.24) is 0 Å². The highest BCUT2D eigenvalue weighted by Crippen LogP contribution is 2.69. The van der Waals surface area contributed by atoms with Crippen molar-refractivity contribution in [2.45, 2.75) is 85.9 Å². The highest BCUT2D eigenvalue weighted by atomic mass is 16.3. The second-order valence-electron chi connectivity index (χ2n) is 11.3. The number of hydrogen-bond acceptors (Lipinski definition) is 5. The Balaban J connectivity index is 1.97. The van der Waals surface area contributed by atoms with Crippen LogP contribution >= 0.6 is 0 Å². The van der Waals surface area contributed by atoms with E-state index in [0.29, 0.717) is 30.4 Å². The quantitative estimate of drug-likeness (QED) is 0.703. The Labute approximate surface area is 172 Å². The third kappa shape index (κ3) is 2.26. The van der Waals surface area contributed by atoms with Crippen molar-refractivity contribution in [2.24, 2.45) is 33.5 Å². The molecule has 2 N–H and O–H groups in total. The predicted octanol–water partition coefficient (Wildman–Crippen LogP) is 3.01. The van der Waals surface area contributed by atoms with Gasteiger partial charge >= 0.3 is 0 Å². The molecule has 0 aromatic heterocycles. The minimum Gasteiger partial charge on any atom is -0.393 e. The van der Waals surface area contributed by atoms with E-state index < -0.39 is 39.8 Å². The third-order valence-corrected chi connectivity index (χ3v) is 9.79. The summed E-state index contributed by atoms with van der Waals surface area (Å²) in [7, 11) is 0. The van der Waals surface area contributed by atoms with Crippen LogP contribution in [-0.4, -0.2) is 39.8 Å². The number of aliphatic hydroxyl groups is 2. The fourth-order valence-corrected chi connectivity index (χ4v) is 7.82. The van der Waals surface area contributed by atoms with Crippen LogP contribution in [0.5, 0.6) is 0 Å². The number of allylic oxidation sites excluding steroid dienone is 1. The van der Waals surface area contributed by atoms with Crippen molar-refractivity contribution in [1.29, 1.82) is 0 Å². The van der Waals surface area contributed by atoms with Crippen LogP contribution in [0.15, 0.2) is 11.1 Å². The molecule has 0 aromatic carbocycles. The molecular weight excluding hydrogens is 368 g/mol. The van der Waals surface area contributed by atoms with Gasteiger partial charge in [-0.05, 0) is 55.4 Å². The summed E-state index contributed by atoms with van der Waals surface area (Å²) in [5.74, 6) is -0.654. The van der Waals surface area contributed by atoms with E-state index in [0.717, 1.165) is 0 Å². The Bertz CT molecular complexity index is 853. The van der Waals surface area contributed by atoms with Crippen LogP contribution in [0.4, 0.5) is 0 Å². The Morgan fingerprint density at radius 1 is 1.07 bits per heavy atom.